The minimum atomic E-state index is -1.30. The lowest BCUT2D eigenvalue weighted by atomic mass is 10.0. The van der Waals surface area contributed by atoms with E-state index in [1.807, 2.05) is 6.92 Å². The number of thioether (sulfide) groups is 2. The Hall–Kier alpha value is -1.10. The number of amides is 1. The molecule has 1 fully saturated rings. The van der Waals surface area contributed by atoms with E-state index in [1.165, 1.54) is 28.0 Å². The highest BCUT2D eigenvalue weighted by molar-refractivity contribution is 8.01. The summed E-state index contributed by atoms with van der Waals surface area (Å²) in [7, 11) is 0. The highest BCUT2D eigenvalue weighted by Gasteiger charge is 2.53. The number of hydrogen-bond acceptors (Lipinski definition) is 8. The van der Waals surface area contributed by atoms with Gasteiger partial charge < -0.3 is 15.6 Å². The minimum absolute atomic E-state index is 0.0115. The molecule has 1 aromatic heterocycles. The fraction of sp³-hybridized carbons (Fsp3) is 0.455. The van der Waals surface area contributed by atoms with E-state index in [1.54, 1.807) is 11.8 Å². The van der Waals surface area contributed by atoms with Crippen LogP contribution in [0.4, 0.5) is 0 Å². The van der Waals surface area contributed by atoms with E-state index in [9.17, 15) is 14.7 Å². The zero-order chi connectivity index (χ0) is 15.1. The first-order valence-electron chi connectivity index (χ1n) is 6.13. The maximum absolute atomic E-state index is 11.8. The van der Waals surface area contributed by atoms with E-state index in [0.717, 1.165) is 9.35 Å². The molecule has 10 heteroatoms. The number of quaternary nitrogens is 1. The molecule has 2 atom stereocenters. The summed E-state index contributed by atoms with van der Waals surface area (Å²) >= 11 is 4.43. The molecule has 0 bridgehead atoms. The monoisotopic (exact) mass is 344 g/mol. The van der Waals surface area contributed by atoms with E-state index in [0.29, 0.717) is 17.1 Å². The number of aromatic nitrogens is 2. The molecule has 0 aliphatic carbocycles. The fourth-order valence-corrected chi connectivity index (χ4v) is 5.49. The van der Waals surface area contributed by atoms with Gasteiger partial charge in [0.05, 0.1) is 11.7 Å². The van der Waals surface area contributed by atoms with Gasteiger partial charge in [0.1, 0.15) is 10.4 Å². The molecule has 7 nitrogen and oxygen atoms in total. The van der Waals surface area contributed by atoms with Gasteiger partial charge in [-0.25, -0.2) is 0 Å². The average Bonchev–Trinajstić information content (AvgIpc) is 2.88. The topological polar surface area (TPSA) is 114 Å². The van der Waals surface area contributed by atoms with Gasteiger partial charge in [-0.2, -0.15) is 0 Å². The van der Waals surface area contributed by atoms with Gasteiger partial charge >= 0.3 is 0 Å². The van der Waals surface area contributed by atoms with Gasteiger partial charge in [-0.3, -0.25) is 9.69 Å². The standard InChI is InChI=1S/C11H12N4O3S3/c1-4-13-14-11(21-4)20-3-5-2-19-9-6(12)8(16)15(9)7(5)10(17)18/h6,9H,2-3,12H2,1H3,(H,17,18)/t6-,9+/m0/s1. The Labute approximate surface area is 133 Å². The Morgan fingerprint density at radius 2 is 2.33 bits per heavy atom. The molecule has 3 rings (SSSR count). The van der Waals surface area contributed by atoms with Crippen LogP contribution in [-0.2, 0) is 9.59 Å². The van der Waals surface area contributed by atoms with E-state index in [-0.39, 0.29) is 23.0 Å². The lowest BCUT2D eigenvalue weighted by Crippen LogP contribution is -2.83. The van der Waals surface area contributed by atoms with Gasteiger partial charge in [-0.15, -0.1) is 22.0 Å². The van der Waals surface area contributed by atoms with Crippen molar-refractivity contribution in [2.45, 2.75) is 22.7 Å². The van der Waals surface area contributed by atoms with Crippen LogP contribution in [0.3, 0.4) is 0 Å². The van der Waals surface area contributed by atoms with E-state index in [4.69, 9.17) is 0 Å². The maximum atomic E-state index is 11.8. The second-order valence-corrected chi connectivity index (χ2v) is 8.14. The lowest BCUT2D eigenvalue weighted by Gasteiger charge is -2.47. The van der Waals surface area contributed by atoms with Gasteiger partial charge in [0.2, 0.25) is 0 Å². The normalized spacial score (nSPS) is 24.9. The number of carbonyl (C=O) groups excluding carboxylic acids is 2. The van der Waals surface area contributed by atoms with E-state index >= 15 is 0 Å². The molecule has 2 aliphatic heterocycles. The summed E-state index contributed by atoms with van der Waals surface area (Å²) in [6.07, 6.45) is 0. The first-order valence-corrected chi connectivity index (χ1v) is 8.98. The molecule has 1 aromatic rings. The van der Waals surface area contributed by atoms with Crippen LogP contribution in [0.5, 0.6) is 0 Å². The van der Waals surface area contributed by atoms with Gasteiger partial charge in [-0.1, -0.05) is 23.1 Å². The molecule has 0 radical (unpaired) electrons. The zero-order valence-corrected chi connectivity index (χ0v) is 13.5. The molecule has 1 amide bonds. The second kappa shape index (κ2) is 5.59. The van der Waals surface area contributed by atoms with Crippen LogP contribution in [-0.4, -0.2) is 49.9 Å². The number of aryl methyl sites for hydroxylation is 1. The predicted molar refractivity (Wildman–Crippen MR) is 77.2 cm³/mol. The van der Waals surface area contributed by atoms with Gasteiger partial charge in [0, 0.05) is 11.5 Å². The first-order chi connectivity index (χ1) is 9.99. The van der Waals surface area contributed by atoms with Crippen LogP contribution in [0.25, 0.3) is 0 Å². The summed E-state index contributed by atoms with van der Waals surface area (Å²) in [6.45, 7) is 1.86. The number of nitrogens with zero attached hydrogens (tertiary/aromatic N) is 3. The Balaban J connectivity index is 1.81. The smallest absolute Gasteiger partial charge is 0.289 e. The number of carboxylic acids is 1. The third kappa shape index (κ3) is 2.56. The Bertz CT molecular complexity index is 644. The first kappa shape index (κ1) is 14.8. The molecule has 2 aliphatic rings. The fourth-order valence-electron chi connectivity index (χ4n) is 2.21. The van der Waals surface area contributed by atoms with Crippen molar-refractivity contribution < 1.29 is 20.4 Å². The third-order valence-electron chi connectivity index (χ3n) is 3.23. The lowest BCUT2D eigenvalue weighted by molar-refractivity contribution is -0.424. The molecule has 0 saturated carbocycles. The van der Waals surface area contributed by atoms with Crippen molar-refractivity contribution in [1.82, 2.24) is 15.1 Å². The van der Waals surface area contributed by atoms with E-state index < -0.39 is 5.97 Å². The molecule has 0 spiro atoms. The highest BCUT2D eigenvalue weighted by Crippen LogP contribution is 2.40. The Morgan fingerprint density at radius 3 is 2.95 bits per heavy atom. The Kier molecular flexibility index (Phi) is 3.95. The zero-order valence-electron chi connectivity index (χ0n) is 11.1. The second-order valence-electron chi connectivity index (χ2n) is 4.63. The summed E-state index contributed by atoms with van der Waals surface area (Å²) in [5.41, 5.74) is 4.46. The molecule has 3 N–H and O–H groups in total. The number of hydrogen-bond donors (Lipinski definition) is 1. The number of rotatable bonds is 4. The van der Waals surface area contributed by atoms with Crippen molar-refractivity contribution in [1.29, 1.82) is 0 Å². The van der Waals surface area contributed by atoms with Crippen molar-refractivity contribution in [3.8, 4) is 0 Å². The van der Waals surface area contributed by atoms with Gasteiger partial charge in [0.25, 0.3) is 5.91 Å². The van der Waals surface area contributed by atoms with Crippen LogP contribution in [0.15, 0.2) is 15.6 Å². The molecule has 0 aromatic carbocycles. The van der Waals surface area contributed by atoms with Crippen LogP contribution >= 0.6 is 34.9 Å². The van der Waals surface area contributed by atoms with Crippen molar-refractivity contribution in [2.24, 2.45) is 0 Å². The van der Waals surface area contributed by atoms with Gasteiger partial charge in [0.15, 0.2) is 10.4 Å². The third-order valence-corrected chi connectivity index (χ3v) is 6.68. The summed E-state index contributed by atoms with van der Waals surface area (Å²) in [4.78, 5) is 24.5. The predicted octanol–water partition coefficient (Wildman–Crippen LogP) is -1.53. The number of carboxylic acid groups (broad SMARTS) is 1. The average molecular weight is 344 g/mol. The molecule has 0 unspecified atom stereocenters. The van der Waals surface area contributed by atoms with Crippen LogP contribution in [0.1, 0.15) is 5.01 Å². The van der Waals surface area contributed by atoms with Crippen molar-refractivity contribution in [3.63, 3.8) is 0 Å². The maximum Gasteiger partial charge on any atom is 0.289 e. The quantitative estimate of drug-likeness (QED) is 0.520. The summed E-state index contributed by atoms with van der Waals surface area (Å²) < 4.78 is 0.787. The summed E-state index contributed by atoms with van der Waals surface area (Å²) in [5, 5.41) is 20.0. The van der Waals surface area contributed by atoms with Crippen LogP contribution in [0.2, 0.25) is 0 Å². The molecule has 3 heterocycles. The van der Waals surface area contributed by atoms with Crippen molar-refractivity contribution in [3.05, 3.63) is 16.3 Å². The van der Waals surface area contributed by atoms with Crippen LogP contribution < -0.4 is 10.8 Å². The summed E-state index contributed by atoms with van der Waals surface area (Å²) in [6, 6.07) is -0.371. The molecular formula is C11H12N4O3S3. The largest absolute Gasteiger partial charge is 0.543 e. The minimum Gasteiger partial charge on any atom is -0.543 e. The molecular weight excluding hydrogens is 332 g/mol. The van der Waals surface area contributed by atoms with Gasteiger partial charge in [-0.05, 0) is 12.5 Å². The molecule has 21 heavy (non-hydrogen) atoms. The number of fused-ring (bicyclic) bond motifs is 1. The molecule has 112 valence electrons. The van der Waals surface area contributed by atoms with Crippen LogP contribution in [0, 0.1) is 6.92 Å². The molecule has 1 saturated heterocycles. The number of β-lactam (4-membered cyclic amide) rings is 1. The van der Waals surface area contributed by atoms with Crippen molar-refractivity contribution in [2.75, 3.05) is 11.5 Å². The highest BCUT2D eigenvalue weighted by atomic mass is 32.2. The number of aliphatic carboxylic acids is 1. The SMILES string of the molecule is Cc1nnc(SCC2=C(C(=O)[O-])N3C(=O)[C@H]([NH3+])[C@H]3SC2)s1. The van der Waals surface area contributed by atoms with E-state index in [2.05, 4.69) is 15.9 Å². The van der Waals surface area contributed by atoms with Crippen molar-refractivity contribution >= 4 is 46.7 Å². The number of carbonyl (C=O) groups is 2. The summed E-state index contributed by atoms with van der Waals surface area (Å²) in [5.74, 6) is -0.525. The Morgan fingerprint density at radius 1 is 1.57 bits per heavy atom.